The maximum absolute atomic E-state index is 12.7. The summed E-state index contributed by atoms with van der Waals surface area (Å²) < 4.78 is 2.13. The summed E-state index contributed by atoms with van der Waals surface area (Å²) >= 11 is 0. The largest absolute Gasteiger partial charge is 0.366 e. The molecule has 4 rings (SSSR count). The van der Waals surface area contributed by atoms with Crippen LogP contribution in [0.15, 0.2) is 59.7 Å². The lowest BCUT2D eigenvalue weighted by Crippen LogP contribution is -2.48. The monoisotopic (exact) mass is 442 g/mol. The number of aryl methyl sites for hydroxylation is 2. The third kappa shape index (κ3) is 4.45. The molecule has 1 aliphatic heterocycles. The fourth-order valence-corrected chi connectivity index (χ4v) is 5.28. The summed E-state index contributed by atoms with van der Waals surface area (Å²) in [7, 11) is 0. The van der Waals surface area contributed by atoms with E-state index in [0.717, 1.165) is 35.6 Å². The summed E-state index contributed by atoms with van der Waals surface area (Å²) in [6.45, 7) is 14.2. The summed E-state index contributed by atoms with van der Waals surface area (Å²) in [5.41, 5.74) is 10.3. The van der Waals surface area contributed by atoms with Crippen molar-refractivity contribution in [1.82, 2.24) is 9.99 Å². The van der Waals surface area contributed by atoms with Crippen molar-refractivity contribution in [3.05, 3.63) is 82.7 Å². The number of nitrogens with one attached hydrogen (secondary N) is 1. The molecule has 0 aliphatic carbocycles. The van der Waals surface area contributed by atoms with Gasteiger partial charge in [-0.05, 0) is 101 Å². The summed E-state index contributed by atoms with van der Waals surface area (Å²) in [5, 5.41) is 4.24. The second-order valence-corrected chi connectivity index (χ2v) is 9.68. The Morgan fingerprint density at radius 2 is 1.85 bits per heavy atom. The Balaban J connectivity index is 1.50. The smallest absolute Gasteiger partial charge is 0.271 e. The minimum Gasteiger partial charge on any atom is -0.366 e. The number of hydrazone groups is 1. The van der Waals surface area contributed by atoms with Crippen molar-refractivity contribution < 1.29 is 4.79 Å². The zero-order chi connectivity index (χ0) is 23.8. The molecule has 1 amide bonds. The van der Waals surface area contributed by atoms with Gasteiger partial charge in [0.15, 0.2) is 0 Å². The molecule has 0 saturated heterocycles. The van der Waals surface area contributed by atoms with E-state index in [1.165, 1.54) is 11.3 Å². The van der Waals surface area contributed by atoms with Crippen LogP contribution in [-0.2, 0) is 0 Å². The summed E-state index contributed by atoms with van der Waals surface area (Å²) in [4.78, 5) is 15.2. The molecule has 172 valence electrons. The van der Waals surface area contributed by atoms with Crippen LogP contribution in [0.2, 0.25) is 0 Å². The maximum atomic E-state index is 12.7. The number of aromatic nitrogens is 1. The number of hydrogen-bond donors (Lipinski definition) is 1. The van der Waals surface area contributed by atoms with Crippen LogP contribution in [-0.4, -0.2) is 28.8 Å². The van der Waals surface area contributed by atoms with Crippen molar-refractivity contribution in [3.63, 3.8) is 0 Å². The lowest BCUT2D eigenvalue weighted by molar-refractivity contribution is 0.0955. The zero-order valence-corrected chi connectivity index (χ0v) is 20.5. The highest BCUT2D eigenvalue weighted by Crippen LogP contribution is 2.43. The van der Waals surface area contributed by atoms with Gasteiger partial charge in [-0.25, -0.2) is 5.43 Å². The number of carbonyl (C=O) groups is 1. The van der Waals surface area contributed by atoms with Crippen molar-refractivity contribution >= 4 is 17.8 Å². The van der Waals surface area contributed by atoms with Crippen LogP contribution < -0.4 is 10.3 Å². The Bertz CT molecular complexity index is 1180. The highest BCUT2D eigenvalue weighted by atomic mass is 16.2. The maximum Gasteiger partial charge on any atom is 0.271 e. The molecule has 3 aromatic rings. The van der Waals surface area contributed by atoms with Gasteiger partial charge in [-0.2, -0.15) is 5.10 Å². The van der Waals surface area contributed by atoms with E-state index in [2.05, 4.69) is 91.9 Å². The summed E-state index contributed by atoms with van der Waals surface area (Å²) in [5.74, 6) is 0.255. The second-order valence-electron chi connectivity index (χ2n) is 9.68. The average molecular weight is 443 g/mol. The molecular weight excluding hydrogens is 408 g/mol. The van der Waals surface area contributed by atoms with Gasteiger partial charge in [-0.15, -0.1) is 0 Å². The molecule has 5 heteroatoms. The topological polar surface area (TPSA) is 49.6 Å². The van der Waals surface area contributed by atoms with Crippen LogP contribution in [0.4, 0.5) is 5.69 Å². The minimum absolute atomic E-state index is 0.150. The standard InChI is InChI=1S/C28H34N4O/c1-7-31-26-14-13-22(15-25(26)19(2)17-28(31,5)6)18-29-30-27(33)23-9-8-10-24(16-23)32-20(3)11-12-21(32)4/h8-16,18-19H,7,17H2,1-6H3,(H,30,33)/b29-18-. The minimum atomic E-state index is -0.221. The number of nitrogens with zero attached hydrogens (tertiary/aromatic N) is 3. The normalized spacial score (nSPS) is 17.3. The van der Waals surface area contributed by atoms with E-state index in [9.17, 15) is 4.79 Å². The lowest BCUT2D eigenvalue weighted by Gasteiger charge is -2.47. The molecule has 0 bridgehead atoms. The first-order valence-electron chi connectivity index (χ1n) is 11.7. The third-order valence-corrected chi connectivity index (χ3v) is 6.74. The van der Waals surface area contributed by atoms with Crippen molar-refractivity contribution in [1.29, 1.82) is 0 Å². The average Bonchev–Trinajstić information content (AvgIpc) is 3.11. The predicted molar refractivity (Wildman–Crippen MR) is 137 cm³/mol. The fraction of sp³-hybridized carbons (Fsp3) is 0.357. The molecule has 33 heavy (non-hydrogen) atoms. The van der Waals surface area contributed by atoms with E-state index in [0.29, 0.717) is 11.5 Å². The van der Waals surface area contributed by atoms with Crippen LogP contribution in [0.3, 0.4) is 0 Å². The number of hydrogen-bond acceptors (Lipinski definition) is 3. The van der Waals surface area contributed by atoms with Crippen LogP contribution in [0.25, 0.3) is 5.69 Å². The first-order valence-corrected chi connectivity index (χ1v) is 11.7. The van der Waals surface area contributed by atoms with Gasteiger partial charge < -0.3 is 9.47 Å². The molecular formula is C28H34N4O. The molecule has 1 aliphatic rings. The van der Waals surface area contributed by atoms with E-state index in [1.807, 2.05) is 24.3 Å². The van der Waals surface area contributed by atoms with E-state index >= 15 is 0 Å². The van der Waals surface area contributed by atoms with Gasteiger partial charge >= 0.3 is 0 Å². The Labute approximate surface area is 197 Å². The molecule has 0 fully saturated rings. The molecule has 5 nitrogen and oxygen atoms in total. The molecule has 1 N–H and O–H groups in total. The first-order chi connectivity index (χ1) is 15.7. The second kappa shape index (κ2) is 8.89. The molecule has 2 aromatic carbocycles. The van der Waals surface area contributed by atoms with E-state index < -0.39 is 0 Å². The predicted octanol–water partition coefficient (Wildman–Crippen LogP) is 5.97. The molecule has 1 unspecified atom stereocenters. The Morgan fingerprint density at radius 1 is 1.12 bits per heavy atom. The quantitative estimate of drug-likeness (QED) is 0.391. The van der Waals surface area contributed by atoms with E-state index in [4.69, 9.17) is 0 Å². The highest BCUT2D eigenvalue weighted by Gasteiger charge is 2.35. The van der Waals surface area contributed by atoms with Crippen LogP contribution >= 0.6 is 0 Å². The summed E-state index contributed by atoms with van der Waals surface area (Å²) in [6, 6.07) is 18.2. The number of anilines is 1. The van der Waals surface area contributed by atoms with E-state index in [1.54, 1.807) is 6.21 Å². The molecule has 0 spiro atoms. The van der Waals surface area contributed by atoms with Gasteiger partial charge in [0.2, 0.25) is 0 Å². The van der Waals surface area contributed by atoms with Crippen LogP contribution in [0.5, 0.6) is 0 Å². The Kier molecular flexibility index (Phi) is 6.15. The van der Waals surface area contributed by atoms with E-state index in [-0.39, 0.29) is 11.4 Å². The fourth-order valence-electron chi connectivity index (χ4n) is 5.28. The number of fused-ring (bicyclic) bond motifs is 1. The Morgan fingerprint density at radius 3 is 2.55 bits per heavy atom. The van der Waals surface area contributed by atoms with Gasteiger partial charge in [0.1, 0.15) is 0 Å². The van der Waals surface area contributed by atoms with Crippen molar-refractivity contribution in [2.24, 2.45) is 5.10 Å². The summed E-state index contributed by atoms with van der Waals surface area (Å²) in [6.07, 6.45) is 2.84. The molecule has 2 heterocycles. The molecule has 0 radical (unpaired) electrons. The first kappa shape index (κ1) is 22.8. The number of benzene rings is 2. The lowest BCUT2D eigenvalue weighted by atomic mass is 9.79. The van der Waals surface area contributed by atoms with Crippen molar-refractivity contribution in [2.75, 3.05) is 11.4 Å². The number of rotatable bonds is 5. The van der Waals surface area contributed by atoms with Crippen LogP contribution in [0.1, 0.15) is 72.9 Å². The van der Waals surface area contributed by atoms with Gasteiger partial charge in [-0.1, -0.05) is 19.1 Å². The van der Waals surface area contributed by atoms with Gasteiger partial charge in [0.05, 0.1) is 6.21 Å². The van der Waals surface area contributed by atoms with Crippen molar-refractivity contribution in [2.45, 2.75) is 59.4 Å². The molecule has 1 aromatic heterocycles. The molecule has 0 saturated carbocycles. The zero-order valence-electron chi connectivity index (χ0n) is 20.5. The van der Waals surface area contributed by atoms with Crippen molar-refractivity contribution in [3.8, 4) is 5.69 Å². The van der Waals surface area contributed by atoms with Gasteiger partial charge in [0, 0.05) is 40.4 Å². The SMILES string of the molecule is CCN1c2ccc(/C=N\NC(=O)c3cccc(-n4c(C)ccc4C)c3)cc2C(C)CC1(C)C. The molecule has 1 atom stereocenters. The highest BCUT2D eigenvalue weighted by molar-refractivity contribution is 5.95. The number of carbonyl (C=O) groups excluding carboxylic acids is 1. The van der Waals surface area contributed by atoms with Gasteiger partial charge in [0.25, 0.3) is 5.91 Å². The van der Waals surface area contributed by atoms with Gasteiger partial charge in [-0.3, -0.25) is 4.79 Å². The number of amides is 1. The third-order valence-electron chi connectivity index (χ3n) is 6.74. The Hall–Kier alpha value is -3.34. The van der Waals surface area contributed by atoms with Crippen LogP contribution in [0, 0.1) is 13.8 Å².